The van der Waals surface area contributed by atoms with Gasteiger partial charge >= 0.3 is 36.9 Å². The van der Waals surface area contributed by atoms with Crippen LogP contribution in [0.4, 0.5) is 0 Å². The van der Waals surface area contributed by atoms with Gasteiger partial charge in [0, 0.05) is 0 Å². The van der Waals surface area contributed by atoms with Gasteiger partial charge in [0.1, 0.15) is 0 Å². The fourth-order valence-corrected chi connectivity index (χ4v) is 0. The zero-order valence-corrected chi connectivity index (χ0v) is 5.46. The molecule has 0 saturated carbocycles. The molecule has 0 aromatic carbocycles. The van der Waals surface area contributed by atoms with Crippen molar-refractivity contribution >= 4 is 15.4 Å². The molecule has 0 unspecified atom stereocenters. The Hall–Kier alpha value is 1.01. The molecule has 0 amide bonds. The van der Waals surface area contributed by atoms with Crippen LogP contribution in [-0.2, 0) is 4.57 Å². The summed E-state index contributed by atoms with van der Waals surface area (Å²) >= 11 is 0. The first-order valence-electron chi connectivity index (χ1n) is 0.988. The van der Waals surface area contributed by atoms with Crippen molar-refractivity contribution in [1.29, 1.82) is 0 Å². The van der Waals surface area contributed by atoms with Crippen LogP contribution in [0.2, 0.25) is 0 Å². The average molecular weight is 95.6 g/mol. The molecule has 0 rings (SSSR count). The van der Waals surface area contributed by atoms with Gasteiger partial charge in [0.2, 0.25) is 0 Å². The van der Waals surface area contributed by atoms with E-state index in [0.29, 0.717) is 0 Å². The molecule has 0 aromatic rings. The molecule has 0 aliphatic heterocycles. The van der Waals surface area contributed by atoms with Gasteiger partial charge in [-0.05, 0) is 0 Å². The SMILES string of the molecule is [B]OB(O)O.[H-].[Na+]. The Morgan fingerprint density at radius 1 is 1.67 bits per heavy atom. The van der Waals surface area contributed by atoms with E-state index in [1.54, 1.807) is 0 Å². The first kappa shape index (κ1) is 10.1. The van der Waals surface area contributed by atoms with Gasteiger partial charge in [0.05, 0.1) is 0 Å². The summed E-state index contributed by atoms with van der Waals surface area (Å²) in [5.74, 6) is 0. The molecular formula is H3B2NaO3. The summed E-state index contributed by atoms with van der Waals surface area (Å²) in [6.45, 7) is 0. The van der Waals surface area contributed by atoms with Crippen molar-refractivity contribution in [2.24, 2.45) is 0 Å². The second kappa shape index (κ2) is 6.01. The predicted octanol–water partition coefficient (Wildman–Crippen LogP) is -4.83. The maximum absolute atomic E-state index is 7.57. The van der Waals surface area contributed by atoms with Crippen molar-refractivity contribution in [3.63, 3.8) is 0 Å². The van der Waals surface area contributed by atoms with Crippen molar-refractivity contribution in [2.45, 2.75) is 0 Å². The summed E-state index contributed by atoms with van der Waals surface area (Å²) in [5.41, 5.74) is 0. The average Bonchev–Trinajstić information content (AvgIpc) is 1.38. The van der Waals surface area contributed by atoms with Gasteiger partial charge in [0.25, 0.3) is 8.05 Å². The van der Waals surface area contributed by atoms with Crippen LogP contribution in [-0.4, -0.2) is 25.4 Å². The molecule has 0 aliphatic rings. The van der Waals surface area contributed by atoms with E-state index in [-0.39, 0.29) is 31.0 Å². The zero-order valence-electron chi connectivity index (χ0n) is 4.46. The number of hydrogen-bond donors (Lipinski definition) is 2. The quantitative estimate of drug-likeness (QED) is 0.322. The molecule has 2 N–H and O–H groups in total. The molecule has 0 atom stereocenters. The van der Waals surface area contributed by atoms with E-state index < -0.39 is 7.32 Å². The zero-order chi connectivity index (χ0) is 4.28. The third-order valence-electron chi connectivity index (χ3n) is 0.122. The van der Waals surface area contributed by atoms with Gasteiger partial charge in [-0.15, -0.1) is 0 Å². The number of hydrogen-bond acceptors (Lipinski definition) is 3. The van der Waals surface area contributed by atoms with Crippen molar-refractivity contribution in [2.75, 3.05) is 0 Å². The van der Waals surface area contributed by atoms with Gasteiger partial charge in [-0.25, -0.2) is 0 Å². The van der Waals surface area contributed by atoms with E-state index in [4.69, 9.17) is 10.0 Å². The smallest absolute Gasteiger partial charge is 1.00 e. The minimum atomic E-state index is -1.84. The van der Waals surface area contributed by atoms with E-state index in [9.17, 15) is 0 Å². The van der Waals surface area contributed by atoms with E-state index in [1.807, 2.05) is 0 Å². The molecule has 0 spiro atoms. The third-order valence-corrected chi connectivity index (χ3v) is 0.122. The summed E-state index contributed by atoms with van der Waals surface area (Å²) in [6.07, 6.45) is 0. The van der Waals surface area contributed by atoms with Crippen molar-refractivity contribution in [1.82, 2.24) is 0 Å². The van der Waals surface area contributed by atoms with Crippen LogP contribution in [0.1, 0.15) is 1.43 Å². The Labute approximate surface area is 61.1 Å². The Morgan fingerprint density at radius 3 is 1.83 bits per heavy atom. The van der Waals surface area contributed by atoms with Gasteiger partial charge in [-0.2, -0.15) is 0 Å². The predicted molar refractivity (Wildman–Crippen MR) is 18.1 cm³/mol. The molecule has 0 saturated heterocycles. The Morgan fingerprint density at radius 2 is 1.83 bits per heavy atom. The summed E-state index contributed by atoms with van der Waals surface area (Å²) in [4.78, 5) is 0. The van der Waals surface area contributed by atoms with Crippen LogP contribution in [0.5, 0.6) is 0 Å². The number of rotatable bonds is 1. The molecule has 0 bridgehead atoms. The molecule has 2 radical (unpaired) electrons. The Balaban J connectivity index is -0.0000000800. The van der Waals surface area contributed by atoms with Crippen molar-refractivity contribution in [3.8, 4) is 0 Å². The van der Waals surface area contributed by atoms with Crippen LogP contribution in [0, 0.1) is 0 Å². The maximum Gasteiger partial charge on any atom is 1.00 e. The molecule has 6 heteroatoms. The topological polar surface area (TPSA) is 49.7 Å². The van der Waals surface area contributed by atoms with Crippen LogP contribution in [0.15, 0.2) is 0 Å². The summed E-state index contributed by atoms with van der Waals surface area (Å²) in [6, 6.07) is 0. The summed E-state index contributed by atoms with van der Waals surface area (Å²) in [5, 5.41) is 15.1. The monoisotopic (exact) mass is 96.0 g/mol. The minimum Gasteiger partial charge on any atom is -1.00 e. The molecule has 6 heavy (non-hydrogen) atoms. The second-order valence-corrected chi connectivity index (χ2v) is 0.462. The van der Waals surface area contributed by atoms with Crippen LogP contribution in [0.25, 0.3) is 0 Å². The maximum atomic E-state index is 7.57. The minimum absolute atomic E-state index is 0. The molecule has 0 aliphatic carbocycles. The van der Waals surface area contributed by atoms with E-state index in [1.165, 1.54) is 0 Å². The molecule has 0 heterocycles. The first-order chi connectivity index (χ1) is 2.27. The van der Waals surface area contributed by atoms with Crippen LogP contribution < -0.4 is 29.6 Å². The Bertz CT molecular complexity index is 26.9. The fraction of sp³-hybridized carbons (Fsp3) is 0. The molecule has 0 aromatic heterocycles. The summed E-state index contributed by atoms with van der Waals surface area (Å²) in [7, 11) is 2.33. The van der Waals surface area contributed by atoms with Gasteiger partial charge in [0.15, 0.2) is 0 Å². The Kier molecular flexibility index (Phi) is 10.1. The molecule has 0 fully saturated rings. The molecule has 3 nitrogen and oxygen atoms in total. The van der Waals surface area contributed by atoms with E-state index >= 15 is 0 Å². The fourth-order valence-electron chi connectivity index (χ4n) is 0. The van der Waals surface area contributed by atoms with Crippen molar-refractivity contribution < 1.29 is 45.6 Å². The standard InChI is InChI=1S/B2H2O3.Na.H/c1-5-2(3)4;;/h3-4H;;/q;+1;-1. The van der Waals surface area contributed by atoms with E-state index in [2.05, 4.69) is 12.6 Å². The normalized spacial score (nSPS) is 6.33. The van der Waals surface area contributed by atoms with Crippen molar-refractivity contribution in [3.05, 3.63) is 0 Å². The van der Waals surface area contributed by atoms with Crippen LogP contribution >= 0.6 is 0 Å². The van der Waals surface area contributed by atoms with Gasteiger partial charge in [-0.3, -0.25) is 0 Å². The van der Waals surface area contributed by atoms with E-state index in [0.717, 1.165) is 0 Å². The molecular weight excluding hydrogens is 92.6 g/mol. The largest absolute Gasteiger partial charge is 1.00 e. The van der Waals surface area contributed by atoms with Crippen LogP contribution in [0.3, 0.4) is 0 Å². The first-order valence-corrected chi connectivity index (χ1v) is 0.988. The third kappa shape index (κ3) is 8.89. The second-order valence-electron chi connectivity index (χ2n) is 0.462. The summed E-state index contributed by atoms with van der Waals surface area (Å²) < 4.78 is 3.36. The van der Waals surface area contributed by atoms with Gasteiger partial charge < -0.3 is 16.0 Å². The van der Waals surface area contributed by atoms with Gasteiger partial charge in [-0.1, -0.05) is 0 Å². The molecule has 28 valence electrons.